The fourth-order valence-electron chi connectivity index (χ4n) is 4.15. The van der Waals surface area contributed by atoms with Gasteiger partial charge in [-0.2, -0.15) is 0 Å². The van der Waals surface area contributed by atoms with Gasteiger partial charge in [0.25, 0.3) is 10.0 Å². The van der Waals surface area contributed by atoms with Crippen molar-refractivity contribution in [3.05, 3.63) is 103 Å². The highest BCUT2D eigenvalue weighted by Gasteiger charge is 2.20. The van der Waals surface area contributed by atoms with Crippen LogP contribution in [0, 0.1) is 11.6 Å². The predicted molar refractivity (Wildman–Crippen MR) is 148 cm³/mol. The molecule has 40 heavy (non-hydrogen) atoms. The van der Waals surface area contributed by atoms with E-state index in [-0.39, 0.29) is 10.6 Å². The van der Waals surface area contributed by atoms with Crippen LogP contribution >= 0.6 is 0 Å². The Morgan fingerprint density at radius 2 is 1.50 bits per heavy atom. The summed E-state index contributed by atoms with van der Waals surface area (Å²) in [6, 6.07) is 17.6. The summed E-state index contributed by atoms with van der Waals surface area (Å²) < 4.78 is 81.2. The minimum atomic E-state index is -4.34. The van der Waals surface area contributed by atoms with E-state index in [1.165, 1.54) is 20.3 Å². The first-order chi connectivity index (χ1) is 19.0. The summed E-state index contributed by atoms with van der Waals surface area (Å²) >= 11 is 0. The fourth-order valence-corrected chi connectivity index (χ4v) is 6.15. The van der Waals surface area contributed by atoms with Crippen LogP contribution in [0.25, 0.3) is 33.2 Å². The summed E-state index contributed by atoms with van der Waals surface area (Å²) in [6.07, 6.45) is 4.49. The number of halogens is 2. The minimum absolute atomic E-state index is 0.0884. The molecule has 0 saturated heterocycles. The van der Waals surface area contributed by atoms with Crippen LogP contribution in [0.4, 0.5) is 14.5 Å². The molecule has 2 heterocycles. The zero-order valence-electron chi connectivity index (χ0n) is 21.2. The van der Waals surface area contributed by atoms with Gasteiger partial charge in [0, 0.05) is 43.5 Å². The molecule has 12 heteroatoms. The van der Waals surface area contributed by atoms with Gasteiger partial charge in [-0.1, -0.05) is 18.2 Å². The molecule has 5 rings (SSSR count). The van der Waals surface area contributed by atoms with E-state index < -0.39 is 36.6 Å². The third-order valence-electron chi connectivity index (χ3n) is 6.19. The lowest BCUT2D eigenvalue weighted by Gasteiger charge is -2.13. The van der Waals surface area contributed by atoms with Crippen molar-refractivity contribution < 1.29 is 25.6 Å². The highest BCUT2D eigenvalue weighted by atomic mass is 32.2. The number of hydrogen-bond acceptors (Lipinski definition) is 6. The predicted octanol–water partition coefficient (Wildman–Crippen LogP) is 5.29. The first-order valence-electron chi connectivity index (χ1n) is 11.8. The molecule has 5 aromatic rings. The minimum Gasteiger partial charge on any atom is -0.278 e. The van der Waals surface area contributed by atoms with Crippen molar-refractivity contribution in [2.75, 3.05) is 18.8 Å². The molecule has 0 saturated carbocycles. The van der Waals surface area contributed by atoms with Crippen LogP contribution in [-0.2, 0) is 20.0 Å². The molecule has 2 aromatic heterocycles. The fraction of sp³-hybridized carbons (Fsp3) is 0.0714. The second kappa shape index (κ2) is 10.4. The van der Waals surface area contributed by atoms with E-state index in [1.807, 2.05) is 18.2 Å². The second-order valence-electron chi connectivity index (χ2n) is 9.04. The summed E-state index contributed by atoms with van der Waals surface area (Å²) in [5.74, 6) is -2.10. The van der Waals surface area contributed by atoms with E-state index >= 15 is 0 Å². The summed E-state index contributed by atoms with van der Waals surface area (Å²) in [5.41, 5.74) is 3.66. The number of fused-ring (bicyclic) bond motifs is 1. The number of aromatic nitrogens is 2. The number of pyridine rings is 2. The standard InChI is InChI=1S/C28H22F2N4O4S2/c1-34(2)40(37,38)23-7-3-18(4-8-23)24-11-12-32-27-9-5-19(14-25(24)27)20-13-22(17-31-16-20)33-39(35,36)28-10-6-21(29)15-26(28)30/h3-17,33H,1-2H3. The number of nitrogens with one attached hydrogen (secondary N) is 1. The molecule has 0 spiro atoms. The van der Waals surface area contributed by atoms with Gasteiger partial charge in [0.1, 0.15) is 16.5 Å². The molecule has 0 aliphatic rings. The zero-order chi connectivity index (χ0) is 28.7. The van der Waals surface area contributed by atoms with Gasteiger partial charge in [-0.05, 0) is 65.2 Å². The molecule has 3 aromatic carbocycles. The maximum atomic E-state index is 14.1. The summed E-state index contributed by atoms with van der Waals surface area (Å²) in [6.45, 7) is 0. The summed E-state index contributed by atoms with van der Waals surface area (Å²) in [5, 5.41) is 0.780. The van der Waals surface area contributed by atoms with E-state index in [0.717, 1.165) is 33.0 Å². The van der Waals surface area contributed by atoms with Gasteiger partial charge in [-0.25, -0.2) is 29.9 Å². The van der Waals surface area contributed by atoms with Crippen molar-refractivity contribution in [2.45, 2.75) is 9.79 Å². The number of sulfonamides is 2. The number of benzene rings is 3. The molecule has 0 radical (unpaired) electrons. The number of hydrogen-bond donors (Lipinski definition) is 1. The summed E-state index contributed by atoms with van der Waals surface area (Å²) in [4.78, 5) is 8.03. The quantitative estimate of drug-likeness (QED) is 0.280. The first-order valence-corrected chi connectivity index (χ1v) is 14.7. The van der Waals surface area contributed by atoms with Crippen LogP contribution in [0.3, 0.4) is 0 Å². The van der Waals surface area contributed by atoms with Gasteiger partial charge < -0.3 is 0 Å². The summed E-state index contributed by atoms with van der Waals surface area (Å²) in [7, 11) is -4.98. The lowest BCUT2D eigenvalue weighted by atomic mass is 9.98. The lowest BCUT2D eigenvalue weighted by Crippen LogP contribution is -2.22. The monoisotopic (exact) mass is 580 g/mol. The largest absolute Gasteiger partial charge is 0.278 e. The van der Waals surface area contributed by atoms with Crippen LogP contribution in [0.15, 0.2) is 101 Å². The molecule has 0 fully saturated rings. The SMILES string of the molecule is CN(C)S(=O)(=O)c1ccc(-c2ccnc3ccc(-c4cncc(NS(=O)(=O)c5ccc(F)cc5F)c4)cc23)cc1. The zero-order valence-corrected chi connectivity index (χ0v) is 22.8. The van der Waals surface area contributed by atoms with Crippen LogP contribution in [-0.4, -0.2) is 45.2 Å². The molecule has 0 unspecified atom stereocenters. The van der Waals surface area contributed by atoms with E-state index in [0.29, 0.717) is 22.7 Å². The molecule has 0 aliphatic carbocycles. The Kier molecular flexibility index (Phi) is 7.08. The Labute approximate surface area is 230 Å². The van der Waals surface area contributed by atoms with Gasteiger partial charge in [-0.3, -0.25) is 14.7 Å². The molecule has 0 aliphatic heterocycles. The van der Waals surface area contributed by atoms with Gasteiger partial charge in [-0.15, -0.1) is 0 Å². The van der Waals surface area contributed by atoms with Crippen molar-refractivity contribution in [1.82, 2.24) is 14.3 Å². The van der Waals surface area contributed by atoms with Gasteiger partial charge in [0.05, 0.1) is 22.3 Å². The van der Waals surface area contributed by atoms with E-state index in [9.17, 15) is 25.6 Å². The van der Waals surface area contributed by atoms with E-state index in [2.05, 4.69) is 14.7 Å². The highest BCUT2D eigenvalue weighted by molar-refractivity contribution is 7.92. The molecular formula is C28H22F2N4O4S2. The first kappa shape index (κ1) is 27.3. The molecule has 0 bridgehead atoms. The van der Waals surface area contributed by atoms with Crippen LogP contribution in [0.1, 0.15) is 0 Å². The smallest absolute Gasteiger partial charge is 0.264 e. The van der Waals surface area contributed by atoms with E-state index in [4.69, 9.17) is 0 Å². The molecule has 0 atom stereocenters. The maximum absolute atomic E-state index is 14.1. The Morgan fingerprint density at radius 3 is 2.20 bits per heavy atom. The second-order valence-corrected chi connectivity index (χ2v) is 12.8. The Morgan fingerprint density at radius 1 is 0.775 bits per heavy atom. The maximum Gasteiger partial charge on any atom is 0.264 e. The van der Waals surface area contributed by atoms with Crippen molar-refractivity contribution >= 4 is 36.6 Å². The average Bonchev–Trinajstić information content (AvgIpc) is 2.92. The Balaban J connectivity index is 1.50. The van der Waals surface area contributed by atoms with Gasteiger partial charge in [0.2, 0.25) is 10.0 Å². The third-order valence-corrected chi connectivity index (χ3v) is 9.44. The van der Waals surface area contributed by atoms with Gasteiger partial charge in [0.15, 0.2) is 0 Å². The average molecular weight is 581 g/mol. The van der Waals surface area contributed by atoms with Gasteiger partial charge >= 0.3 is 0 Å². The number of rotatable bonds is 7. The molecule has 1 N–H and O–H groups in total. The third kappa shape index (κ3) is 5.28. The normalized spacial score (nSPS) is 12.1. The lowest BCUT2D eigenvalue weighted by molar-refractivity contribution is 0.520. The van der Waals surface area contributed by atoms with Crippen LogP contribution in [0.2, 0.25) is 0 Å². The topological polar surface area (TPSA) is 109 Å². The number of anilines is 1. The van der Waals surface area contributed by atoms with Crippen LogP contribution in [0.5, 0.6) is 0 Å². The molecular weight excluding hydrogens is 558 g/mol. The Bertz CT molecular complexity index is 1970. The van der Waals surface area contributed by atoms with Crippen molar-refractivity contribution in [3.63, 3.8) is 0 Å². The molecule has 204 valence electrons. The van der Waals surface area contributed by atoms with Crippen molar-refractivity contribution in [3.8, 4) is 22.3 Å². The van der Waals surface area contributed by atoms with E-state index in [1.54, 1.807) is 48.8 Å². The molecule has 8 nitrogen and oxygen atoms in total. The van der Waals surface area contributed by atoms with Crippen molar-refractivity contribution in [1.29, 1.82) is 0 Å². The highest BCUT2D eigenvalue weighted by Crippen LogP contribution is 2.32. The number of nitrogens with zero attached hydrogens (tertiary/aromatic N) is 3. The molecule has 0 amide bonds. The van der Waals surface area contributed by atoms with Crippen LogP contribution < -0.4 is 4.72 Å². The Hall–Kier alpha value is -4.26. The van der Waals surface area contributed by atoms with Crippen molar-refractivity contribution in [2.24, 2.45) is 0 Å².